The molecule has 0 unspecified atom stereocenters. The van der Waals surface area contributed by atoms with Gasteiger partial charge >= 0.3 is 6.18 Å². The minimum atomic E-state index is -4.46. The third-order valence-corrected chi connectivity index (χ3v) is 4.07. The number of aromatic nitrogens is 1. The monoisotopic (exact) mass is 377 g/mol. The summed E-state index contributed by atoms with van der Waals surface area (Å²) >= 11 is 1.40. The van der Waals surface area contributed by atoms with E-state index in [9.17, 15) is 22.0 Å². The summed E-state index contributed by atoms with van der Waals surface area (Å²) in [6.45, 7) is 1.82. The summed E-state index contributed by atoms with van der Waals surface area (Å²) in [7, 11) is 0. The van der Waals surface area contributed by atoms with E-state index in [4.69, 9.17) is 4.74 Å². The van der Waals surface area contributed by atoms with Crippen LogP contribution >= 0.6 is 11.8 Å². The second kappa shape index (κ2) is 7.59. The number of hydrogen-bond acceptors (Lipinski definition) is 3. The summed E-state index contributed by atoms with van der Waals surface area (Å²) in [5.74, 6) is -2.17. The van der Waals surface area contributed by atoms with E-state index in [0.717, 1.165) is 19.1 Å². The average molecular weight is 377 g/mol. The maximum absolute atomic E-state index is 13.0. The van der Waals surface area contributed by atoms with Crippen LogP contribution in [0.5, 0.6) is 5.75 Å². The van der Waals surface area contributed by atoms with Gasteiger partial charge in [-0.25, -0.2) is 8.78 Å². The van der Waals surface area contributed by atoms with Crippen LogP contribution < -0.4 is 4.74 Å². The molecule has 1 aromatic carbocycles. The minimum absolute atomic E-state index is 0.127. The Bertz CT molecular complexity index is 710. The second-order valence-corrected chi connectivity index (χ2v) is 6.69. The van der Waals surface area contributed by atoms with E-state index >= 15 is 0 Å². The van der Waals surface area contributed by atoms with Gasteiger partial charge < -0.3 is 4.74 Å². The SMILES string of the molecule is CCSc1ccc(C(F)(F)F)cc1-c1ccc(OCC(C)(F)F)cn1. The van der Waals surface area contributed by atoms with E-state index in [2.05, 4.69) is 4.98 Å². The molecule has 0 saturated heterocycles. The van der Waals surface area contributed by atoms with Crippen LogP contribution in [0.3, 0.4) is 0 Å². The van der Waals surface area contributed by atoms with Gasteiger partial charge in [0, 0.05) is 17.4 Å². The van der Waals surface area contributed by atoms with E-state index in [1.807, 2.05) is 6.92 Å². The average Bonchev–Trinajstić information content (AvgIpc) is 2.52. The van der Waals surface area contributed by atoms with Crippen LogP contribution in [-0.4, -0.2) is 23.3 Å². The van der Waals surface area contributed by atoms with Crippen molar-refractivity contribution in [1.82, 2.24) is 4.98 Å². The highest BCUT2D eigenvalue weighted by atomic mass is 32.2. The van der Waals surface area contributed by atoms with Gasteiger partial charge in [0.1, 0.15) is 5.75 Å². The number of halogens is 5. The summed E-state index contributed by atoms with van der Waals surface area (Å²) in [5, 5.41) is 0. The van der Waals surface area contributed by atoms with E-state index in [-0.39, 0.29) is 5.75 Å². The Morgan fingerprint density at radius 3 is 2.32 bits per heavy atom. The maximum Gasteiger partial charge on any atom is 0.416 e. The van der Waals surface area contributed by atoms with Crippen LogP contribution in [0.4, 0.5) is 22.0 Å². The number of alkyl halides is 5. The van der Waals surface area contributed by atoms with Gasteiger partial charge in [0.05, 0.1) is 17.5 Å². The molecule has 1 aromatic heterocycles. The molecule has 0 aliphatic heterocycles. The Kier molecular flexibility index (Phi) is 5.92. The first-order valence-corrected chi connectivity index (χ1v) is 8.40. The smallest absolute Gasteiger partial charge is 0.416 e. The normalized spacial score (nSPS) is 12.3. The van der Waals surface area contributed by atoms with Crippen molar-refractivity contribution < 1.29 is 26.7 Å². The van der Waals surface area contributed by atoms with Crippen molar-refractivity contribution in [3.8, 4) is 17.0 Å². The zero-order valence-electron chi connectivity index (χ0n) is 13.5. The molecule has 0 fully saturated rings. The molecule has 0 atom stereocenters. The van der Waals surface area contributed by atoms with Gasteiger partial charge in [0.15, 0.2) is 6.61 Å². The molecule has 2 nitrogen and oxygen atoms in total. The molecule has 8 heteroatoms. The number of rotatable bonds is 6. The second-order valence-electron chi connectivity index (χ2n) is 5.38. The fourth-order valence-electron chi connectivity index (χ4n) is 2.02. The number of hydrogen-bond donors (Lipinski definition) is 0. The van der Waals surface area contributed by atoms with Gasteiger partial charge in [-0.3, -0.25) is 4.98 Å². The van der Waals surface area contributed by atoms with Crippen molar-refractivity contribution in [2.45, 2.75) is 30.8 Å². The third-order valence-electron chi connectivity index (χ3n) is 3.11. The Balaban J connectivity index is 2.32. The van der Waals surface area contributed by atoms with Gasteiger partial charge in [-0.05, 0) is 36.1 Å². The fourth-order valence-corrected chi connectivity index (χ4v) is 2.82. The van der Waals surface area contributed by atoms with Gasteiger partial charge in [-0.2, -0.15) is 13.2 Å². The van der Waals surface area contributed by atoms with Crippen molar-refractivity contribution in [2.75, 3.05) is 12.4 Å². The lowest BCUT2D eigenvalue weighted by Gasteiger charge is -2.14. The fraction of sp³-hybridized carbons (Fsp3) is 0.353. The Hall–Kier alpha value is -1.83. The quantitative estimate of drug-likeness (QED) is 0.461. The molecule has 0 spiro atoms. The molecule has 0 N–H and O–H groups in total. The summed E-state index contributed by atoms with van der Waals surface area (Å²) in [5.41, 5.74) is -0.109. The molecule has 0 radical (unpaired) electrons. The first kappa shape index (κ1) is 19.5. The van der Waals surface area contributed by atoms with Gasteiger partial charge in [-0.1, -0.05) is 6.92 Å². The van der Waals surface area contributed by atoms with Gasteiger partial charge in [-0.15, -0.1) is 11.8 Å². The van der Waals surface area contributed by atoms with Crippen molar-refractivity contribution in [3.05, 3.63) is 42.1 Å². The standard InChI is InChI=1S/C17H16F5NOS/c1-3-25-15-7-4-11(17(20,21)22)8-13(15)14-6-5-12(9-23-14)24-10-16(2,18)19/h4-9H,3,10H2,1-2H3. The van der Waals surface area contributed by atoms with E-state index < -0.39 is 24.3 Å². The zero-order valence-corrected chi connectivity index (χ0v) is 14.3. The first-order valence-electron chi connectivity index (χ1n) is 7.41. The maximum atomic E-state index is 13.0. The number of thioether (sulfide) groups is 1. The topological polar surface area (TPSA) is 22.1 Å². The Morgan fingerprint density at radius 1 is 1.08 bits per heavy atom. The van der Waals surface area contributed by atoms with Crippen LogP contribution in [-0.2, 0) is 6.18 Å². The lowest BCUT2D eigenvalue weighted by Crippen LogP contribution is -2.20. The summed E-state index contributed by atoms with van der Waals surface area (Å²) in [4.78, 5) is 4.73. The molecular formula is C17H16F5NOS. The Labute approximate surface area is 146 Å². The lowest BCUT2D eigenvalue weighted by molar-refractivity contribution is -0.137. The highest BCUT2D eigenvalue weighted by Crippen LogP contribution is 2.37. The van der Waals surface area contributed by atoms with E-state index in [1.54, 1.807) is 0 Å². The van der Waals surface area contributed by atoms with Gasteiger partial charge in [0.25, 0.3) is 5.92 Å². The minimum Gasteiger partial charge on any atom is -0.486 e. The molecular weight excluding hydrogens is 361 g/mol. The van der Waals surface area contributed by atoms with E-state index in [0.29, 0.717) is 21.9 Å². The molecule has 0 aliphatic carbocycles. The predicted molar refractivity (Wildman–Crippen MR) is 87.2 cm³/mol. The van der Waals surface area contributed by atoms with Crippen molar-refractivity contribution >= 4 is 11.8 Å². The van der Waals surface area contributed by atoms with Crippen LogP contribution in [0.25, 0.3) is 11.3 Å². The number of nitrogens with zero attached hydrogens (tertiary/aromatic N) is 1. The first-order chi connectivity index (χ1) is 11.6. The zero-order chi connectivity index (χ0) is 18.7. The summed E-state index contributed by atoms with van der Waals surface area (Å²) < 4.78 is 69.4. The molecule has 0 aliphatic rings. The molecule has 0 saturated carbocycles. The van der Waals surface area contributed by atoms with Crippen LogP contribution in [0, 0.1) is 0 Å². The summed E-state index contributed by atoms with van der Waals surface area (Å²) in [6, 6.07) is 6.35. The molecule has 25 heavy (non-hydrogen) atoms. The van der Waals surface area contributed by atoms with Gasteiger partial charge in [0.2, 0.25) is 0 Å². The summed E-state index contributed by atoms with van der Waals surface area (Å²) in [6.07, 6.45) is -3.23. The number of ether oxygens (including phenoxy) is 1. The van der Waals surface area contributed by atoms with Crippen molar-refractivity contribution in [1.29, 1.82) is 0 Å². The molecule has 2 rings (SSSR count). The lowest BCUT2D eigenvalue weighted by atomic mass is 10.1. The predicted octanol–water partition coefficient (Wildman–Crippen LogP) is 5.91. The Morgan fingerprint density at radius 2 is 1.80 bits per heavy atom. The highest BCUT2D eigenvalue weighted by molar-refractivity contribution is 7.99. The number of pyridine rings is 1. The molecule has 0 bridgehead atoms. The largest absolute Gasteiger partial charge is 0.486 e. The third kappa shape index (κ3) is 5.59. The molecule has 136 valence electrons. The van der Waals surface area contributed by atoms with Crippen LogP contribution in [0.1, 0.15) is 19.4 Å². The van der Waals surface area contributed by atoms with Crippen molar-refractivity contribution in [3.63, 3.8) is 0 Å². The molecule has 1 heterocycles. The van der Waals surface area contributed by atoms with E-state index in [1.165, 1.54) is 36.2 Å². The molecule has 0 amide bonds. The van der Waals surface area contributed by atoms with Crippen LogP contribution in [0.15, 0.2) is 41.4 Å². The molecule has 2 aromatic rings. The highest BCUT2D eigenvalue weighted by Gasteiger charge is 2.31. The number of benzene rings is 1. The van der Waals surface area contributed by atoms with Crippen LogP contribution in [0.2, 0.25) is 0 Å². The van der Waals surface area contributed by atoms with Crippen molar-refractivity contribution in [2.24, 2.45) is 0 Å².